The Morgan fingerprint density at radius 3 is 1.39 bits per heavy atom. The minimum absolute atomic E-state index is 0.0210. The van der Waals surface area contributed by atoms with Gasteiger partial charge in [0.15, 0.2) is 6.29 Å². The summed E-state index contributed by atoms with van der Waals surface area (Å²) in [5, 5.41) is 54.4. The number of unbranched alkanes of at least 4 members (excludes halogenated alkanes) is 34. The first-order chi connectivity index (χ1) is 33.7. The maximum atomic E-state index is 13.0. The number of carbonyl (C=O) groups excluding carboxylic acids is 2. The predicted molar refractivity (Wildman–Crippen MR) is 283 cm³/mol. The van der Waals surface area contributed by atoms with E-state index in [1.807, 2.05) is 6.08 Å². The Morgan fingerprint density at radius 2 is 0.928 bits per heavy atom. The molecule has 11 heteroatoms. The van der Waals surface area contributed by atoms with Crippen LogP contribution < -0.4 is 5.32 Å². The van der Waals surface area contributed by atoms with Crippen molar-refractivity contribution in [2.24, 2.45) is 0 Å². The molecule has 0 radical (unpaired) electrons. The fourth-order valence-corrected chi connectivity index (χ4v) is 9.13. The number of carbonyl (C=O) groups is 2. The molecule has 1 fully saturated rings. The van der Waals surface area contributed by atoms with Crippen molar-refractivity contribution < 1.29 is 49.3 Å². The Hall–Kier alpha value is -1.86. The number of aliphatic hydroxyl groups is 5. The first-order valence-electron chi connectivity index (χ1n) is 29.1. The van der Waals surface area contributed by atoms with Crippen LogP contribution in [0.2, 0.25) is 0 Å². The number of allylic oxidation sites excluding steroid dienone is 3. The highest BCUT2D eigenvalue weighted by Crippen LogP contribution is 2.23. The third-order valence-electron chi connectivity index (χ3n) is 13.8. The first-order valence-corrected chi connectivity index (χ1v) is 29.1. The second-order valence-electron chi connectivity index (χ2n) is 20.3. The Kier molecular flexibility index (Phi) is 45.7. The number of rotatable bonds is 50. The van der Waals surface area contributed by atoms with Gasteiger partial charge in [-0.3, -0.25) is 9.59 Å². The second kappa shape index (κ2) is 48.4. The average molecular weight is 981 g/mol. The van der Waals surface area contributed by atoms with Crippen molar-refractivity contribution >= 4 is 11.9 Å². The van der Waals surface area contributed by atoms with Crippen molar-refractivity contribution in [1.29, 1.82) is 0 Å². The lowest BCUT2D eigenvalue weighted by molar-refractivity contribution is -0.302. The van der Waals surface area contributed by atoms with Crippen LogP contribution in [0.15, 0.2) is 24.3 Å². The van der Waals surface area contributed by atoms with E-state index in [1.54, 1.807) is 6.08 Å². The molecule has 0 bridgehead atoms. The van der Waals surface area contributed by atoms with Gasteiger partial charge in [-0.2, -0.15) is 0 Å². The standard InChI is InChI=1S/C58H109NO10/c1-3-5-7-9-11-13-15-16-21-25-28-32-36-40-44-51(61)50(49-68-58-57(66)56(65)55(64)52(48-60)69-58)59-53(62)45-41-37-33-29-26-22-19-17-18-20-23-27-31-35-39-43-47-67-54(63)46-42-38-34-30-24-14-12-10-8-6-4-2/h17,19,40,44,50-52,55-58,60-61,64-66H,3-16,18,20-39,41-43,45-49H2,1-2H3,(H,59,62)/b19-17-,44-40+. The van der Waals surface area contributed by atoms with Crippen LogP contribution in [0.1, 0.15) is 271 Å². The van der Waals surface area contributed by atoms with E-state index in [1.165, 1.54) is 154 Å². The van der Waals surface area contributed by atoms with Crippen LogP contribution in [0.3, 0.4) is 0 Å². The van der Waals surface area contributed by atoms with Gasteiger partial charge in [-0.25, -0.2) is 0 Å². The van der Waals surface area contributed by atoms with Gasteiger partial charge in [-0.05, 0) is 57.8 Å². The molecule has 0 spiro atoms. The molecule has 1 heterocycles. The molecule has 7 unspecified atom stereocenters. The molecule has 0 saturated carbocycles. The number of nitrogens with one attached hydrogen (secondary N) is 1. The zero-order chi connectivity index (χ0) is 50.3. The second-order valence-corrected chi connectivity index (χ2v) is 20.3. The topological polar surface area (TPSA) is 175 Å². The van der Waals surface area contributed by atoms with Crippen molar-refractivity contribution in [3.63, 3.8) is 0 Å². The summed E-state index contributed by atoms with van der Waals surface area (Å²) in [5.74, 6) is -0.219. The summed E-state index contributed by atoms with van der Waals surface area (Å²) in [4.78, 5) is 25.0. The smallest absolute Gasteiger partial charge is 0.305 e. The third kappa shape index (κ3) is 38.4. The molecule has 7 atom stereocenters. The fraction of sp³-hybridized carbons (Fsp3) is 0.897. The predicted octanol–water partition coefficient (Wildman–Crippen LogP) is 12.9. The maximum Gasteiger partial charge on any atom is 0.305 e. The molecule has 1 amide bonds. The number of amides is 1. The first kappa shape index (κ1) is 65.2. The Morgan fingerprint density at radius 1 is 0.522 bits per heavy atom. The molecule has 1 aliphatic rings. The number of esters is 1. The van der Waals surface area contributed by atoms with E-state index in [-0.39, 0.29) is 18.5 Å². The summed E-state index contributed by atoms with van der Waals surface area (Å²) in [7, 11) is 0. The summed E-state index contributed by atoms with van der Waals surface area (Å²) in [6, 6.07) is -0.821. The van der Waals surface area contributed by atoms with Crippen LogP contribution in [-0.2, 0) is 23.8 Å². The molecule has 0 aliphatic carbocycles. The van der Waals surface area contributed by atoms with Crippen molar-refractivity contribution in [2.75, 3.05) is 19.8 Å². The minimum atomic E-state index is -1.58. The van der Waals surface area contributed by atoms with E-state index >= 15 is 0 Å². The van der Waals surface area contributed by atoms with Gasteiger partial charge in [-0.15, -0.1) is 0 Å². The van der Waals surface area contributed by atoms with Crippen LogP contribution in [0.5, 0.6) is 0 Å². The summed E-state index contributed by atoms with van der Waals surface area (Å²) in [6.07, 6.45) is 46.8. The Balaban J connectivity index is 2.16. The van der Waals surface area contributed by atoms with Gasteiger partial charge < -0.3 is 45.1 Å². The highest BCUT2D eigenvalue weighted by molar-refractivity contribution is 5.76. The van der Waals surface area contributed by atoms with Crippen molar-refractivity contribution in [3.8, 4) is 0 Å². The summed E-state index contributed by atoms with van der Waals surface area (Å²) in [5.41, 5.74) is 0. The zero-order valence-corrected chi connectivity index (χ0v) is 44.5. The largest absolute Gasteiger partial charge is 0.466 e. The molecule has 1 rings (SSSR count). The number of hydrogen-bond acceptors (Lipinski definition) is 10. The van der Waals surface area contributed by atoms with Crippen LogP contribution in [-0.4, -0.2) is 100 Å². The van der Waals surface area contributed by atoms with E-state index in [2.05, 4.69) is 31.3 Å². The van der Waals surface area contributed by atoms with E-state index in [0.717, 1.165) is 89.9 Å². The number of ether oxygens (including phenoxy) is 3. The zero-order valence-electron chi connectivity index (χ0n) is 44.5. The van der Waals surface area contributed by atoms with Gasteiger partial charge >= 0.3 is 5.97 Å². The van der Waals surface area contributed by atoms with Gasteiger partial charge in [0.25, 0.3) is 0 Å². The maximum absolute atomic E-state index is 13.0. The molecular formula is C58H109NO10. The molecule has 1 saturated heterocycles. The lowest BCUT2D eigenvalue weighted by atomic mass is 9.99. The quantitative estimate of drug-likeness (QED) is 0.0196. The lowest BCUT2D eigenvalue weighted by Crippen LogP contribution is -2.60. The third-order valence-corrected chi connectivity index (χ3v) is 13.8. The van der Waals surface area contributed by atoms with Crippen molar-refractivity contribution in [3.05, 3.63) is 24.3 Å². The van der Waals surface area contributed by atoms with E-state index in [0.29, 0.717) is 19.4 Å². The molecule has 69 heavy (non-hydrogen) atoms. The fourth-order valence-electron chi connectivity index (χ4n) is 9.13. The Bertz CT molecular complexity index is 1200. The van der Waals surface area contributed by atoms with Gasteiger partial charge in [-0.1, -0.05) is 224 Å². The van der Waals surface area contributed by atoms with E-state index in [9.17, 15) is 35.1 Å². The van der Waals surface area contributed by atoms with Gasteiger partial charge in [0.05, 0.1) is 32.0 Å². The normalized spacial score (nSPS) is 19.4. The molecule has 0 aromatic carbocycles. The monoisotopic (exact) mass is 980 g/mol. The molecule has 6 N–H and O–H groups in total. The minimum Gasteiger partial charge on any atom is -0.466 e. The molecule has 0 aromatic rings. The SMILES string of the molecule is CCCCCCCCCCCCCC/C=C/C(O)C(COC1OC(CO)C(O)C(O)C1O)NC(=O)CCCCCCC/C=C\CCCCCCCCCOC(=O)CCCCCCCCCCCCC. The molecule has 0 aromatic heterocycles. The molecule has 11 nitrogen and oxygen atoms in total. The lowest BCUT2D eigenvalue weighted by Gasteiger charge is -2.40. The van der Waals surface area contributed by atoms with E-state index in [4.69, 9.17) is 14.2 Å². The van der Waals surface area contributed by atoms with Gasteiger partial charge in [0.1, 0.15) is 24.4 Å². The molecule has 406 valence electrons. The van der Waals surface area contributed by atoms with Gasteiger partial charge in [0, 0.05) is 12.8 Å². The van der Waals surface area contributed by atoms with Gasteiger partial charge in [0.2, 0.25) is 5.91 Å². The summed E-state index contributed by atoms with van der Waals surface area (Å²) >= 11 is 0. The summed E-state index contributed by atoms with van der Waals surface area (Å²) in [6.45, 7) is 4.31. The highest BCUT2D eigenvalue weighted by atomic mass is 16.7. The van der Waals surface area contributed by atoms with Crippen LogP contribution >= 0.6 is 0 Å². The van der Waals surface area contributed by atoms with Crippen molar-refractivity contribution in [1.82, 2.24) is 5.32 Å². The molecule has 1 aliphatic heterocycles. The number of hydrogen-bond donors (Lipinski definition) is 6. The van der Waals surface area contributed by atoms with Crippen LogP contribution in [0.4, 0.5) is 0 Å². The van der Waals surface area contributed by atoms with Crippen LogP contribution in [0.25, 0.3) is 0 Å². The Labute approximate surface area is 422 Å². The highest BCUT2D eigenvalue weighted by Gasteiger charge is 2.44. The number of aliphatic hydroxyl groups excluding tert-OH is 5. The van der Waals surface area contributed by atoms with E-state index < -0.39 is 49.5 Å². The average Bonchev–Trinajstić information content (AvgIpc) is 3.34. The summed E-state index contributed by atoms with van der Waals surface area (Å²) < 4.78 is 16.7. The molecular weight excluding hydrogens is 871 g/mol. The van der Waals surface area contributed by atoms with Crippen molar-refractivity contribution in [2.45, 2.75) is 314 Å². The van der Waals surface area contributed by atoms with Crippen LogP contribution in [0, 0.1) is 0 Å².